The lowest BCUT2D eigenvalue weighted by Gasteiger charge is -2.37. The lowest BCUT2D eigenvalue weighted by Crippen LogP contribution is -2.58. The van der Waals surface area contributed by atoms with Gasteiger partial charge in [-0.25, -0.2) is 0 Å². The summed E-state index contributed by atoms with van der Waals surface area (Å²) in [6, 6.07) is 5.95. The van der Waals surface area contributed by atoms with Crippen LogP contribution in [0.15, 0.2) is 29.2 Å². The maximum atomic E-state index is 12.0. The van der Waals surface area contributed by atoms with E-state index in [0.717, 1.165) is 5.56 Å². The first kappa shape index (κ1) is 17.3. The first-order chi connectivity index (χ1) is 10.2. The Morgan fingerprint density at radius 3 is 2.23 bits per heavy atom. The van der Waals surface area contributed by atoms with Crippen molar-refractivity contribution in [1.29, 1.82) is 0 Å². The molecule has 5 atom stereocenters. The van der Waals surface area contributed by atoms with Crippen LogP contribution in [0.2, 0.25) is 0 Å². The molecule has 1 saturated heterocycles. The molecule has 0 bridgehead atoms. The van der Waals surface area contributed by atoms with E-state index < -0.39 is 47.4 Å². The fraction of sp³-hybridized carbons (Fsp3) is 0.538. The predicted octanol–water partition coefficient (Wildman–Crippen LogP) is -1.50. The third-order valence-corrected chi connectivity index (χ3v) is 4.68. The van der Waals surface area contributed by atoms with Gasteiger partial charge < -0.3 is 25.2 Å². The van der Waals surface area contributed by atoms with E-state index in [-0.39, 0.29) is 4.90 Å². The number of benzene rings is 1. The van der Waals surface area contributed by atoms with Crippen molar-refractivity contribution in [1.82, 2.24) is 0 Å². The lowest BCUT2D eigenvalue weighted by molar-refractivity contribution is -0.285. The zero-order valence-corrected chi connectivity index (χ0v) is 12.5. The van der Waals surface area contributed by atoms with Gasteiger partial charge in [0.1, 0.15) is 24.4 Å². The number of hydrogen-bond acceptors (Lipinski definition) is 8. The first-order valence-electron chi connectivity index (χ1n) is 6.56. The Balaban J connectivity index is 2.04. The van der Waals surface area contributed by atoms with Crippen molar-refractivity contribution in [3.63, 3.8) is 0 Å². The normalized spacial score (nSPS) is 32.9. The Morgan fingerprint density at radius 2 is 1.64 bits per heavy atom. The maximum Gasteiger partial charge on any atom is 0.297 e. The minimum Gasteiger partial charge on any atom is -0.387 e. The molecule has 2 unspecified atom stereocenters. The summed E-state index contributed by atoms with van der Waals surface area (Å²) in [5.74, 6) is 0. The van der Waals surface area contributed by atoms with Gasteiger partial charge in [-0.1, -0.05) is 17.7 Å². The first-order valence-corrected chi connectivity index (χ1v) is 7.97. The average molecular weight is 334 g/mol. The van der Waals surface area contributed by atoms with Crippen molar-refractivity contribution in [2.24, 2.45) is 0 Å². The summed E-state index contributed by atoms with van der Waals surface area (Å²) in [5.41, 5.74) is 0.880. The van der Waals surface area contributed by atoms with Crippen molar-refractivity contribution >= 4 is 10.1 Å². The molecule has 0 saturated carbocycles. The zero-order chi connectivity index (χ0) is 16.5. The van der Waals surface area contributed by atoms with Crippen LogP contribution in [0.5, 0.6) is 0 Å². The minimum atomic E-state index is -4.07. The SMILES string of the molecule is Cc1ccc(S(=O)(=O)OCC2O[C@@H](O)C(O)[C@@H](O)[C@@H]2O)cc1. The molecule has 124 valence electrons. The average Bonchev–Trinajstić information content (AvgIpc) is 2.48. The van der Waals surface area contributed by atoms with Crippen molar-refractivity contribution in [2.75, 3.05) is 6.61 Å². The van der Waals surface area contributed by atoms with Gasteiger partial charge in [-0.3, -0.25) is 4.18 Å². The standard InChI is InChI=1S/C13H18O8S/c1-7-2-4-8(5-3-7)22(18,19)20-6-9-10(14)11(15)12(16)13(17)21-9/h2-5,9-17H,6H2,1H3/t9?,10-,11+,12?,13-/m1/s1. The largest absolute Gasteiger partial charge is 0.387 e. The van der Waals surface area contributed by atoms with Gasteiger partial charge in [0, 0.05) is 0 Å². The van der Waals surface area contributed by atoms with Crippen molar-refractivity contribution in [2.45, 2.75) is 42.5 Å². The highest BCUT2D eigenvalue weighted by Gasteiger charge is 2.43. The molecule has 8 nitrogen and oxygen atoms in total. The summed E-state index contributed by atoms with van der Waals surface area (Å²) >= 11 is 0. The van der Waals surface area contributed by atoms with E-state index in [1.165, 1.54) is 12.1 Å². The second-order valence-electron chi connectivity index (χ2n) is 5.09. The van der Waals surface area contributed by atoms with Crippen LogP contribution in [-0.2, 0) is 19.0 Å². The van der Waals surface area contributed by atoms with Gasteiger partial charge in [0.15, 0.2) is 6.29 Å². The number of aliphatic hydroxyl groups is 4. The molecule has 1 heterocycles. The van der Waals surface area contributed by atoms with Crippen LogP contribution in [-0.4, -0.2) is 66.2 Å². The van der Waals surface area contributed by atoms with Crippen LogP contribution >= 0.6 is 0 Å². The monoisotopic (exact) mass is 334 g/mol. The Bertz CT molecular complexity index is 599. The summed E-state index contributed by atoms with van der Waals surface area (Å²) in [7, 11) is -4.07. The van der Waals surface area contributed by atoms with Gasteiger partial charge in [0.05, 0.1) is 11.5 Å². The second-order valence-corrected chi connectivity index (χ2v) is 6.70. The summed E-state index contributed by atoms with van der Waals surface area (Å²) in [4.78, 5) is -0.0652. The Kier molecular flexibility index (Phi) is 5.17. The topological polar surface area (TPSA) is 134 Å². The number of aryl methyl sites for hydroxylation is 1. The van der Waals surface area contributed by atoms with E-state index in [0.29, 0.717) is 0 Å². The number of hydrogen-bond donors (Lipinski definition) is 4. The molecule has 1 aromatic carbocycles. The molecule has 0 aromatic heterocycles. The molecule has 4 N–H and O–H groups in total. The van der Waals surface area contributed by atoms with E-state index in [4.69, 9.17) is 8.92 Å². The number of rotatable bonds is 4. The van der Waals surface area contributed by atoms with Crippen LogP contribution in [0.4, 0.5) is 0 Å². The molecule has 1 aliphatic rings. The minimum absolute atomic E-state index is 0.0652. The van der Waals surface area contributed by atoms with E-state index in [1.54, 1.807) is 19.1 Å². The van der Waals surface area contributed by atoms with Crippen LogP contribution in [0.3, 0.4) is 0 Å². The Labute approximate surface area is 127 Å². The van der Waals surface area contributed by atoms with Gasteiger partial charge >= 0.3 is 0 Å². The van der Waals surface area contributed by atoms with Gasteiger partial charge in [-0.15, -0.1) is 0 Å². The molecular formula is C13H18O8S. The zero-order valence-electron chi connectivity index (χ0n) is 11.7. The molecule has 2 rings (SSSR count). The number of aliphatic hydroxyl groups excluding tert-OH is 4. The molecule has 1 fully saturated rings. The third kappa shape index (κ3) is 3.63. The van der Waals surface area contributed by atoms with E-state index in [1.807, 2.05) is 0 Å². The molecule has 22 heavy (non-hydrogen) atoms. The highest BCUT2D eigenvalue weighted by Crippen LogP contribution is 2.21. The van der Waals surface area contributed by atoms with Gasteiger partial charge in [-0.05, 0) is 19.1 Å². The van der Waals surface area contributed by atoms with E-state index in [9.17, 15) is 28.8 Å². The number of ether oxygens (including phenoxy) is 1. The van der Waals surface area contributed by atoms with Crippen LogP contribution in [0.25, 0.3) is 0 Å². The van der Waals surface area contributed by atoms with E-state index in [2.05, 4.69) is 0 Å². The van der Waals surface area contributed by atoms with Crippen molar-refractivity contribution in [3.8, 4) is 0 Å². The molecule has 1 aliphatic heterocycles. The van der Waals surface area contributed by atoms with Gasteiger partial charge in [0.25, 0.3) is 10.1 Å². The highest BCUT2D eigenvalue weighted by atomic mass is 32.2. The summed E-state index contributed by atoms with van der Waals surface area (Å²) in [6.07, 6.45) is -7.98. The molecule has 1 aromatic rings. The Morgan fingerprint density at radius 1 is 1.05 bits per heavy atom. The smallest absolute Gasteiger partial charge is 0.297 e. The fourth-order valence-corrected chi connectivity index (χ4v) is 2.92. The summed E-state index contributed by atoms with van der Waals surface area (Å²) in [5, 5.41) is 37.9. The van der Waals surface area contributed by atoms with Crippen molar-refractivity contribution < 1.29 is 37.8 Å². The third-order valence-electron chi connectivity index (χ3n) is 3.38. The molecule has 0 radical (unpaired) electrons. The van der Waals surface area contributed by atoms with Crippen LogP contribution in [0, 0.1) is 6.92 Å². The molecule has 0 spiro atoms. The van der Waals surface area contributed by atoms with Crippen LogP contribution < -0.4 is 0 Å². The molecule has 0 aliphatic carbocycles. The second kappa shape index (κ2) is 6.59. The molecule has 9 heteroatoms. The predicted molar refractivity (Wildman–Crippen MR) is 73.2 cm³/mol. The van der Waals surface area contributed by atoms with Gasteiger partial charge in [-0.2, -0.15) is 8.42 Å². The molecule has 0 amide bonds. The summed E-state index contributed by atoms with van der Waals surface area (Å²) < 4.78 is 33.6. The quantitative estimate of drug-likeness (QED) is 0.489. The van der Waals surface area contributed by atoms with Gasteiger partial charge in [0.2, 0.25) is 0 Å². The fourth-order valence-electron chi connectivity index (χ4n) is 2.00. The lowest BCUT2D eigenvalue weighted by atomic mass is 10.00. The summed E-state index contributed by atoms with van der Waals surface area (Å²) in [6.45, 7) is 1.19. The van der Waals surface area contributed by atoms with E-state index >= 15 is 0 Å². The highest BCUT2D eigenvalue weighted by molar-refractivity contribution is 7.86. The molecular weight excluding hydrogens is 316 g/mol. The van der Waals surface area contributed by atoms with Crippen molar-refractivity contribution in [3.05, 3.63) is 29.8 Å². The Hall–Kier alpha value is -1.07. The maximum absolute atomic E-state index is 12.0. The van der Waals surface area contributed by atoms with Crippen LogP contribution in [0.1, 0.15) is 5.56 Å².